The van der Waals surface area contributed by atoms with Gasteiger partial charge in [0.25, 0.3) is 0 Å². The molecule has 0 saturated carbocycles. The maximum absolute atomic E-state index is 13.4. The van der Waals surface area contributed by atoms with Gasteiger partial charge in [-0.15, -0.1) is 0 Å². The second-order valence-electron chi connectivity index (χ2n) is 8.72. The molecule has 1 aliphatic carbocycles. The van der Waals surface area contributed by atoms with Crippen molar-refractivity contribution >= 4 is 46.8 Å². The van der Waals surface area contributed by atoms with E-state index >= 15 is 0 Å². The van der Waals surface area contributed by atoms with Gasteiger partial charge in [-0.3, -0.25) is 24.1 Å². The highest BCUT2D eigenvalue weighted by molar-refractivity contribution is 6.42. The number of likely N-dealkylation sites (tertiary alicyclic amines) is 1. The third-order valence-electron chi connectivity index (χ3n) is 6.42. The highest BCUT2D eigenvalue weighted by atomic mass is 35.5. The van der Waals surface area contributed by atoms with Crippen molar-refractivity contribution < 1.29 is 19.2 Å². The zero-order valence-corrected chi connectivity index (χ0v) is 21.1. The minimum absolute atomic E-state index is 0.00832. The van der Waals surface area contributed by atoms with Gasteiger partial charge in [0, 0.05) is 26.1 Å². The number of benzene rings is 1. The quantitative estimate of drug-likeness (QED) is 0.383. The van der Waals surface area contributed by atoms with Gasteiger partial charge in [0.05, 0.1) is 21.9 Å². The molecule has 4 amide bonds. The molecule has 3 rings (SSSR count). The number of imide groups is 1. The lowest BCUT2D eigenvalue weighted by molar-refractivity contribution is -0.144. The van der Waals surface area contributed by atoms with E-state index in [0.29, 0.717) is 35.9 Å². The molecule has 1 aromatic carbocycles. The number of hydrogen-bond acceptors (Lipinski definition) is 4. The standard InChI is InChI=1S/C25H31Cl2N3O4/c1-3-12-28-23(32)21(4-2)30(15-16-9-10-19(26)20(27)14-16)22(31)11-13-29-24(33)17-7-5-6-8-18(17)25(29)34/h5-6,9-10,14,17-18,21H,3-4,7-8,11-13,15H2,1-2H3,(H,28,32)/t17-,18+,21?. The van der Waals surface area contributed by atoms with Crippen LogP contribution in [-0.2, 0) is 25.7 Å². The first-order chi connectivity index (χ1) is 16.3. The van der Waals surface area contributed by atoms with Gasteiger partial charge in [0.1, 0.15) is 6.04 Å². The average molecular weight is 508 g/mol. The molecule has 0 radical (unpaired) electrons. The minimum Gasteiger partial charge on any atom is -0.354 e. The molecule has 9 heteroatoms. The molecule has 2 aliphatic rings. The van der Waals surface area contributed by atoms with Crippen LogP contribution in [0.4, 0.5) is 0 Å². The second-order valence-corrected chi connectivity index (χ2v) is 9.53. The summed E-state index contributed by atoms with van der Waals surface area (Å²) in [5.74, 6) is -1.63. The van der Waals surface area contributed by atoms with Crippen LogP contribution < -0.4 is 5.32 Å². The molecule has 1 aliphatic heterocycles. The van der Waals surface area contributed by atoms with Crippen molar-refractivity contribution in [1.29, 1.82) is 0 Å². The van der Waals surface area contributed by atoms with Crippen LogP contribution in [0.2, 0.25) is 10.0 Å². The van der Waals surface area contributed by atoms with E-state index in [2.05, 4.69) is 5.32 Å². The highest BCUT2D eigenvalue weighted by Gasteiger charge is 2.47. The molecule has 34 heavy (non-hydrogen) atoms. The normalized spacial score (nSPS) is 20.3. The van der Waals surface area contributed by atoms with E-state index in [-0.39, 0.29) is 55.0 Å². The highest BCUT2D eigenvalue weighted by Crippen LogP contribution is 2.35. The fraction of sp³-hybridized carbons (Fsp3) is 0.520. The lowest BCUT2D eigenvalue weighted by Gasteiger charge is -2.31. The first-order valence-corrected chi connectivity index (χ1v) is 12.5. The summed E-state index contributed by atoms with van der Waals surface area (Å²) >= 11 is 12.2. The third kappa shape index (κ3) is 5.81. The molecule has 1 heterocycles. The third-order valence-corrected chi connectivity index (χ3v) is 7.16. The minimum atomic E-state index is -0.690. The first-order valence-electron chi connectivity index (χ1n) is 11.8. The van der Waals surface area contributed by atoms with E-state index < -0.39 is 6.04 Å². The molecule has 184 valence electrons. The predicted octanol–water partition coefficient (Wildman–Crippen LogP) is 3.97. The summed E-state index contributed by atoms with van der Waals surface area (Å²) in [4.78, 5) is 54.5. The zero-order chi connectivity index (χ0) is 24.8. The summed E-state index contributed by atoms with van der Waals surface area (Å²) < 4.78 is 0. The van der Waals surface area contributed by atoms with Gasteiger partial charge in [0.15, 0.2) is 0 Å². The first kappa shape index (κ1) is 26.2. The fourth-order valence-corrected chi connectivity index (χ4v) is 4.88. The molecular formula is C25H31Cl2N3O4. The Balaban J connectivity index is 1.76. The number of amides is 4. The van der Waals surface area contributed by atoms with E-state index in [1.165, 1.54) is 9.80 Å². The lowest BCUT2D eigenvalue weighted by Crippen LogP contribution is -2.49. The van der Waals surface area contributed by atoms with Crippen molar-refractivity contribution in [3.05, 3.63) is 46.0 Å². The number of carbonyl (C=O) groups is 4. The number of halogens is 2. The summed E-state index contributed by atoms with van der Waals surface area (Å²) in [5, 5.41) is 3.63. The van der Waals surface area contributed by atoms with Crippen molar-refractivity contribution in [2.45, 2.75) is 58.5 Å². The molecule has 7 nitrogen and oxygen atoms in total. The molecule has 1 saturated heterocycles. The van der Waals surface area contributed by atoms with Gasteiger partial charge in [0.2, 0.25) is 23.6 Å². The Kier molecular flexibility index (Phi) is 9.14. The van der Waals surface area contributed by atoms with Crippen LogP contribution in [0.15, 0.2) is 30.4 Å². The Morgan fingerprint density at radius 3 is 2.29 bits per heavy atom. The number of fused-ring (bicyclic) bond motifs is 1. The van der Waals surface area contributed by atoms with Gasteiger partial charge in [-0.2, -0.15) is 0 Å². The van der Waals surface area contributed by atoms with Gasteiger partial charge in [-0.1, -0.05) is 55.3 Å². The van der Waals surface area contributed by atoms with Gasteiger partial charge in [-0.25, -0.2) is 0 Å². The molecular weight excluding hydrogens is 477 g/mol. The molecule has 1 aromatic rings. The summed E-state index contributed by atoms with van der Waals surface area (Å²) in [6.07, 6.45) is 6.11. The van der Waals surface area contributed by atoms with Gasteiger partial charge >= 0.3 is 0 Å². The van der Waals surface area contributed by atoms with Crippen LogP contribution in [0, 0.1) is 11.8 Å². The Morgan fingerprint density at radius 1 is 1.09 bits per heavy atom. The van der Waals surface area contributed by atoms with Crippen LogP contribution in [-0.4, -0.2) is 52.6 Å². The topological polar surface area (TPSA) is 86.8 Å². The van der Waals surface area contributed by atoms with E-state index in [1.54, 1.807) is 18.2 Å². The molecule has 0 aromatic heterocycles. The monoisotopic (exact) mass is 507 g/mol. The number of allylic oxidation sites excluding steroid dienone is 2. The maximum atomic E-state index is 13.4. The lowest BCUT2D eigenvalue weighted by atomic mass is 9.85. The number of carbonyl (C=O) groups excluding carboxylic acids is 4. The van der Waals surface area contributed by atoms with Crippen molar-refractivity contribution in [1.82, 2.24) is 15.1 Å². The van der Waals surface area contributed by atoms with Crippen LogP contribution in [0.3, 0.4) is 0 Å². The SMILES string of the molecule is CCCNC(=O)C(CC)N(Cc1ccc(Cl)c(Cl)c1)C(=O)CCN1C(=O)[C@H]2CC=CC[C@H]2C1=O. The van der Waals surface area contributed by atoms with Crippen molar-refractivity contribution in [2.75, 3.05) is 13.1 Å². The average Bonchev–Trinajstić information content (AvgIpc) is 3.07. The number of rotatable bonds is 10. The van der Waals surface area contributed by atoms with Crippen molar-refractivity contribution in [3.63, 3.8) is 0 Å². The summed E-state index contributed by atoms with van der Waals surface area (Å²) in [6.45, 7) is 4.48. The fourth-order valence-electron chi connectivity index (χ4n) is 4.56. The molecule has 0 spiro atoms. The Bertz CT molecular complexity index is 955. The Morgan fingerprint density at radius 2 is 1.74 bits per heavy atom. The van der Waals surface area contributed by atoms with Crippen LogP contribution in [0.1, 0.15) is 51.5 Å². The predicted molar refractivity (Wildman–Crippen MR) is 131 cm³/mol. The molecule has 1 unspecified atom stereocenters. The van der Waals surface area contributed by atoms with Crippen LogP contribution >= 0.6 is 23.2 Å². The molecule has 3 atom stereocenters. The molecule has 1 fully saturated rings. The second kappa shape index (κ2) is 11.8. The number of nitrogens with one attached hydrogen (secondary N) is 1. The van der Waals surface area contributed by atoms with Crippen LogP contribution in [0.5, 0.6) is 0 Å². The maximum Gasteiger partial charge on any atom is 0.242 e. The number of nitrogens with zero attached hydrogens (tertiary/aromatic N) is 2. The molecule has 0 bridgehead atoms. The van der Waals surface area contributed by atoms with Gasteiger partial charge < -0.3 is 10.2 Å². The summed E-state index contributed by atoms with van der Waals surface area (Å²) in [5.41, 5.74) is 0.731. The van der Waals surface area contributed by atoms with Crippen molar-refractivity contribution in [2.24, 2.45) is 11.8 Å². The summed E-state index contributed by atoms with van der Waals surface area (Å²) in [7, 11) is 0. The smallest absolute Gasteiger partial charge is 0.242 e. The molecule has 1 N–H and O–H groups in total. The van der Waals surface area contributed by atoms with E-state index in [4.69, 9.17) is 23.2 Å². The summed E-state index contributed by atoms with van der Waals surface area (Å²) in [6, 6.07) is 4.39. The number of hydrogen-bond donors (Lipinski definition) is 1. The Labute approximate surface area is 210 Å². The van der Waals surface area contributed by atoms with E-state index in [1.807, 2.05) is 26.0 Å². The largest absolute Gasteiger partial charge is 0.354 e. The van der Waals surface area contributed by atoms with Crippen LogP contribution in [0.25, 0.3) is 0 Å². The van der Waals surface area contributed by atoms with Crippen molar-refractivity contribution in [3.8, 4) is 0 Å². The van der Waals surface area contributed by atoms with E-state index in [9.17, 15) is 19.2 Å². The zero-order valence-electron chi connectivity index (χ0n) is 19.6. The van der Waals surface area contributed by atoms with Gasteiger partial charge in [-0.05, 0) is 43.4 Å². The Hall–Kier alpha value is -2.38. The van der Waals surface area contributed by atoms with E-state index in [0.717, 1.165) is 12.0 Å².